The quantitative estimate of drug-likeness (QED) is 0.0888. The van der Waals surface area contributed by atoms with Crippen LogP contribution in [0.4, 0.5) is 0 Å². The molecule has 0 saturated heterocycles. The number of carbonyl (C=O) groups excluding carboxylic acids is 1. The number of hydrogen-bond donors (Lipinski definition) is 0. The van der Waals surface area contributed by atoms with E-state index in [1.165, 1.54) is 148 Å². The molecule has 0 heterocycles. The standard InChI is InChI=1S/C31H62O2/c1-4-7-10-13-14-15-16-17-18-19-20-22-25-28-31(32)33-29-30(26-23-12-9-6-3)27-24-21-11-8-5-2/h30H,4-29H2,1-3H3. The zero-order chi connectivity index (χ0) is 24.2. The Morgan fingerprint density at radius 3 is 1.24 bits per heavy atom. The summed E-state index contributed by atoms with van der Waals surface area (Å²) in [4.78, 5) is 12.2. The lowest BCUT2D eigenvalue weighted by Crippen LogP contribution is -2.14. The fraction of sp³-hybridized carbons (Fsp3) is 0.968. The van der Waals surface area contributed by atoms with Gasteiger partial charge in [-0.3, -0.25) is 4.79 Å². The Bertz CT molecular complexity index is 379. The van der Waals surface area contributed by atoms with E-state index < -0.39 is 0 Å². The molecular weight excluding hydrogens is 404 g/mol. The molecular formula is C31H62O2. The number of unbranched alkanes of at least 4 members (excludes halogenated alkanes) is 19. The molecule has 33 heavy (non-hydrogen) atoms. The topological polar surface area (TPSA) is 26.3 Å². The highest BCUT2D eigenvalue weighted by Crippen LogP contribution is 2.20. The largest absolute Gasteiger partial charge is 0.465 e. The molecule has 0 N–H and O–H groups in total. The van der Waals surface area contributed by atoms with Crippen LogP contribution in [0.15, 0.2) is 0 Å². The number of hydrogen-bond acceptors (Lipinski definition) is 2. The average molecular weight is 467 g/mol. The maximum atomic E-state index is 12.2. The molecule has 0 rings (SSSR count). The highest BCUT2D eigenvalue weighted by Gasteiger charge is 2.12. The molecule has 0 saturated carbocycles. The number of ether oxygens (including phenoxy) is 1. The van der Waals surface area contributed by atoms with Gasteiger partial charge in [0.1, 0.15) is 0 Å². The van der Waals surface area contributed by atoms with Crippen LogP contribution in [0.5, 0.6) is 0 Å². The Labute approximate surface area is 209 Å². The second-order valence-corrected chi connectivity index (χ2v) is 10.6. The molecule has 0 aliphatic rings. The van der Waals surface area contributed by atoms with E-state index in [4.69, 9.17) is 4.74 Å². The first kappa shape index (κ1) is 32.5. The molecule has 0 fully saturated rings. The summed E-state index contributed by atoms with van der Waals surface area (Å²) in [5.74, 6) is 0.627. The lowest BCUT2D eigenvalue weighted by atomic mass is 9.95. The molecule has 1 unspecified atom stereocenters. The number of esters is 1. The SMILES string of the molecule is CCCCCCCCCCCCCCCC(=O)OCC(CCCCCC)CCCCCCC. The minimum Gasteiger partial charge on any atom is -0.465 e. The third kappa shape index (κ3) is 25.9. The van der Waals surface area contributed by atoms with E-state index in [2.05, 4.69) is 20.8 Å². The van der Waals surface area contributed by atoms with Crippen molar-refractivity contribution in [3.05, 3.63) is 0 Å². The van der Waals surface area contributed by atoms with Gasteiger partial charge in [-0.1, -0.05) is 156 Å². The van der Waals surface area contributed by atoms with Gasteiger partial charge in [-0.05, 0) is 25.2 Å². The molecule has 0 aliphatic heterocycles. The molecule has 1 atom stereocenters. The van der Waals surface area contributed by atoms with Crippen LogP contribution in [0, 0.1) is 5.92 Å². The van der Waals surface area contributed by atoms with Crippen molar-refractivity contribution in [1.82, 2.24) is 0 Å². The van der Waals surface area contributed by atoms with E-state index >= 15 is 0 Å². The Balaban J connectivity index is 3.68. The predicted octanol–water partition coefficient (Wildman–Crippen LogP) is 11.0. The lowest BCUT2D eigenvalue weighted by molar-refractivity contribution is -0.145. The highest BCUT2D eigenvalue weighted by atomic mass is 16.5. The van der Waals surface area contributed by atoms with Gasteiger partial charge >= 0.3 is 5.97 Å². The summed E-state index contributed by atoms with van der Waals surface area (Å²) in [7, 11) is 0. The van der Waals surface area contributed by atoms with Crippen molar-refractivity contribution in [2.75, 3.05) is 6.61 Å². The van der Waals surface area contributed by atoms with Crippen molar-refractivity contribution in [2.45, 2.75) is 181 Å². The Hall–Kier alpha value is -0.530. The average Bonchev–Trinajstić information content (AvgIpc) is 2.82. The first-order chi connectivity index (χ1) is 16.2. The third-order valence-corrected chi connectivity index (χ3v) is 7.15. The third-order valence-electron chi connectivity index (χ3n) is 7.15. The first-order valence-corrected chi connectivity index (χ1v) is 15.4. The van der Waals surface area contributed by atoms with Gasteiger partial charge in [-0.25, -0.2) is 0 Å². The second-order valence-electron chi connectivity index (χ2n) is 10.6. The van der Waals surface area contributed by atoms with E-state index in [0.717, 1.165) is 6.42 Å². The van der Waals surface area contributed by atoms with Crippen LogP contribution in [-0.2, 0) is 9.53 Å². The van der Waals surface area contributed by atoms with Crippen LogP contribution >= 0.6 is 0 Å². The second kappa shape index (κ2) is 27.7. The summed E-state index contributed by atoms with van der Waals surface area (Å²) in [6, 6.07) is 0. The molecule has 0 spiro atoms. The number of carbonyl (C=O) groups is 1. The van der Waals surface area contributed by atoms with Crippen molar-refractivity contribution in [3.63, 3.8) is 0 Å². The van der Waals surface area contributed by atoms with Crippen LogP contribution < -0.4 is 0 Å². The van der Waals surface area contributed by atoms with Crippen LogP contribution in [0.25, 0.3) is 0 Å². The Morgan fingerprint density at radius 1 is 0.485 bits per heavy atom. The van der Waals surface area contributed by atoms with E-state index in [-0.39, 0.29) is 5.97 Å². The van der Waals surface area contributed by atoms with Crippen molar-refractivity contribution in [2.24, 2.45) is 5.92 Å². The molecule has 0 amide bonds. The predicted molar refractivity (Wildman–Crippen MR) is 147 cm³/mol. The fourth-order valence-electron chi connectivity index (χ4n) is 4.78. The summed E-state index contributed by atoms with van der Waals surface area (Å²) < 4.78 is 5.71. The molecule has 0 aromatic carbocycles. The maximum absolute atomic E-state index is 12.2. The number of rotatable bonds is 27. The zero-order valence-electron chi connectivity index (χ0n) is 23.3. The van der Waals surface area contributed by atoms with Crippen LogP contribution in [0.3, 0.4) is 0 Å². The molecule has 0 aromatic rings. The molecule has 0 bridgehead atoms. The summed E-state index contributed by atoms with van der Waals surface area (Å²) in [5, 5.41) is 0. The zero-order valence-corrected chi connectivity index (χ0v) is 23.3. The Morgan fingerprint density at radius 2 is 0.818 bits per heavy atom. The summed E-state index contributed by atoms with van der Waals surface area (Å²) >= 11 is 0. The molecule has 2 heteroatoms. The van der Waals surface area contributed by atoms with Gasteiger partial charge in [-0.15, -0.1) is 0 Å². The summed E-state index contributed by atoms with van der Waals surface area (Å²) in [6.07, 6.45) is 32.5. The van der Waals surface area contributed by atoms with Gasteiger partial charge < -0.3 is 4.74 Å². The highest BCUT2D eigenvalue weighted by molar-refractivity contribution is 5.69. The lowest BCUT2D eigenvalue weighted by Gasteiger charge is -2.17. The minimum atomic E-state index is 0.0441. The van der Waals surface area contributed by atoms with Gasteiger partial charge in [0.2, 0.25) is 0 Å². The van der Waals surface area contributed by atoms with E-state index in [1.54, 1.807) is 0 Å². The first-order valence-electron chi connectivity index (χ1n) is 15.4. The van der Waals surface area contributed by atoms with Gasteiger partial charge in [0.05, 0.1) is 6.61 Å². The van der Waals surface area contributed by atoms with Crippen LogP contribution in [0.1, 0.15) is 181 Å². The van der Waals surface area contributed by atoms with Gasteiger partial charge in [0.15, 0.2) is 0 Å². The molecule has 198 valence electrons. The van der Waals surface area contributed by atoms with Gasteiger partial charge in [0.25, 0.3) is 0 Å². The van der Waals surface area contributed by atoms with Crippen LogP contribution in [-0.4, -0.2) is 12.6 Å². The molecule has 0 radical (unpaired) electrons. The minimum absolute atomic E-state index is 0.0441. The van der Waals surface area contributed by atoms with Crippen molar-refractivity contribution in [3.8, 4) is 0 Å². The maximum Gasteiger partial charge on any atom is 0.305 e. The summed E-state index contributed by atoms with van der Waals surface area (Å²) in [5.41, 5.74) is 0. The van der Waals surface area contributed by atoms with E-state index in [9.17, 15) is 4.79 Å². The van der Waals surface area contributed by atoms with Crippen molar-refractivity contribution < 1.29 is 9.53 Å². The molecule has 2 nitrogen and oxygen atoms in total. The smallest absolute Gasteiger partial charge is 0.305 e. The van der Waals surface area contributed by atoms with Crippen LogP contribution in [0.2, 0.25) is 0 Å². The van der Waals surface area contributed by atoms with E-state index in [0.29, 0.717) is 18.9 Å². The normalized spacial score (nSPS) is 12.2. The molecule has 0 aromatic heterocycles. The molecule has 0 aliphatic carbocycles. The fourth-order valence-corrected chi connectivity index (χ4v) is 4.78. The van der Waals surface area contributed by atoms with Crippen molar-refractivity contribution in [1.29, 1.82) is 0 Å². The van der Waals surface area contributed by atoms with Gasteiger partial charge in [-0.2, -0.15) is 0 Å². The van der Waals surface area contributed by atoms with E-state index in [1.807, 2.05) is 0 Å². The Kier molecular flexibility index (Phi) is 27.3. The summed E-state index contributed by atoms with van der Waals surface area (Å²) in [6.45, 7) is 7.49. The van der Waals surface area contributed by atoms with Gasteiger partial charge in [0, 0.05) is 6.42 Å². The monoisotopic (exact) mass is 466 g/mol. The van der Waals surface area contributed by atoms with Crippen molar-refractivity contribution >= 4 is 5.97 Å².